The molecule has 102 valence electrons. The number of hydrogen-bond acceptors (Lipinski definition) is 3. The third-order valence-electron chi connectivity index (χ3n) is 4.04. The van der Waals surface area contributed by atoms with Gasteiger partial charge in [-0.05, 0) is 37.1 Å². The summed E-state index contributed by atoms with van der Waals surface area (Å²) in [7, 11) is 1.98. The molecule has 0 bridgehead atoms. The van der Waals surface area contributed by atoms with Crippen LogP contribution in [0.3, 0.4) is 0 Å². The molecule has 0 atom stereocenters. The van der Waals surface area contributed by atoms with Crippen molar-refractivity contribution >= 4 is 0 Å². The Hall–Kier alpha value is -2.15. The van der Waals surface area contributed by atoms with Gasteiger partial charge in [0.15, 0.2) is 5.82 Å². The Morgan fingerprint density at radius 3 is 2.50 bits per heavy atom. The first kappa shape index (κ1) is 12.9. The monoisotopic (exact) mass is 266 g/mol. The first-order valence-electron chi connectivity index (χ1n) is 7.19. The molecular formula is C16H18N4. The second kappa shape index (κ2) is 5.46. The normalized spacial score (nSPS) is 16.0. The molecule has 1 aliphatic carbocycles. The lowest BCUT2D eigenvalue weighted by atomic mass is 9.89. The number of rotatable bonds is 2. The average Bonchev–Trinajstić information content (AvgIpc) is 2.90. The molecule has 4 nitrogen and oxygen atoms in total. The first-order valence-corrected chi connectivity index (χ1v) is 7.19. The summed E-state index contributed by atoms with van der Waals surface area (Å²) in [5, 5.41) is 13.4. The summed E-state index contributed by atoms with van der Waals surface area (Å²) in [5.74, 6) is 2.41. The van der Waals surface area contributed by atoms with Crippen LogP contribution in [0, 0.1) is 11.3 Å². The van der Waals surface area contributed by atoms with Crippen molar-refractivity contribution in [1.82, 2.24) is 14.8 Å². The number of benzene rings is 1. The molecule has 0 spiro atoms. The maximum absolute atomic E-state index is 8.83. The Morgan fingerprint density at radius 1 is 1.15 bits per heavy atom. The van der Waals surface area contributed by atoms with Gasteiger partial charge in [-0.1, -0.05) is 19.3 Å². The highest BCUT2D eigenvalue weighted by Gasteiger charge is 2.21. The molecule has 4 heteroatoms. The van der Waals surface area contributed by atoms with Crippen LogP contribution in [-0.2, 0) is 7.05 Å². The van der Waals surface area contributed by atoms with E-state index in [9.17, 15) is 0 Å². The van der Waals surface area contributed by atoms with Gasteiger partial charge < -0.3 is 0 Å². The minimum Gasteiger partial charge on any atom is -0.252 e. The van der Waals surface area contributed by atoms with Crippen LogP contribution in [0.1, 0.15) is 49.4 Å². The third-order valence-corrected chi connectivity index (χ3v) is 4.04. The highest BCUT2D eigenvalue weighted by atomic mass is 15.3. The predicted octanol–water partition coefficient (Wildman–Crippen LogP) is 3.40. The van der Waals surface area contributed by atoms with E-state index in [1.165, 1.54) is 32.1 Å². The van der Waals surface area contributed by atoms with Crippen molar-refractivity contribution in [3.05, 3.63) is 35.7 Å². The lowest BCUT2D eigenvalue weighted by molar-refractivity contribution is 0.417. The smallest absolute Gasteiger partial charge is 0.181 e. The SMILES string of the molecule is Cn1nc(-c2ccc(C#N)cc2)nc1C1CCCCC1. The minimum absolute atomic E-state index is 0.549. The fourth-order valence-electron chi connectivity index (χ4n) is 2.93. The number of hydrogen-bond donors (Lipinski definition) is 0. The zero-order valence-electron chi connectivity index (χ0n) is 11.7. The minimum atomic E-state index is 0.549. The van der Waals surface area contributed by atoms with Crippen molar-refractivity contribution in [2.75, 3.05) is 0 Å². The van der Waals surface area contributed by atoms with E-state index in [2.05, 4.69) is 11.2 Å². The molecule has 1 fully saturated rings. The Balaban J connectivity index is 1.89. The van der Waals surface area contributed by atoms with Crippen LogP contribution in [0.4, 0.5) is 0 Å². The Kier molecular flexibility index (Phi) is 3.51. The van der Waals surface area contributed by atoms with Crippen molar-refractivity contribution in [3.8, 4) is 17.5 Å². The van der Waals surface area contributed by atoms with E-state index < -0.39 is 0 Å². The summed E-state index contributed by atoms with van der Waals surface area (Å²) in [6, 6.07) is 9.58. The van der Waals surface area contributed by atoms with Gasteiger partial charge in [-0.3, -0.25) is 4.68 Å². The molecule has 0 aliphatic heterocycles. The lowest BCUT2D eigenvalue weighted by Crippen LogP contribution is -2.10. The molecule has 1 heterocycles. The topological polar surface area (TPSA) is 54.5 Å². The zero-order chi connectivity index (χ0) is 13.9. The van der Waals surface area contributed by atoms with Crippen LogP contribution in [0.5, 0.6) is 0 Å². The molecule has 1 aromatic heterocycles. The predicted molar refractivity (Wildman–Crippen MR) is 77.0 cm³/mol. The zero-order valence-corrected chi connectivity index (χ0v) is 11.7. The maximum Gasteiger partial charge on any atom is 0.181 e. The van der Waals surface area contributed by atoms with E-state index in [4.69, 9.17) is 10.2 Å². The molecule has 0 unspecified atom stereocenters. The van der Waals surface area contributed by atoms with Crippen LogP contribution in [0.25, 0.3) is 11.4 Å². The highest BCUT2D eigenvalue weighted by Crippen LogP contribution is 2.32. The van der Waals surface area contributed by atoms with Gasteiger partial charge in [0.2, 0.25) is 0 Å². The van der Waals surface area contributed by atoms with Gasteiger partial charge in [0.05, 0.1) is 11.6 Å². The Morgan fingerprint density at radius 2 is 1.85 bits per heavy atom. The van der Waals surface area contributed by atoms with Crippen LogP contribution in [-0.4, -0.2) is 14.8 Å². The van der Waals surface area contributed by atoms with Crippen LogP contribution < -0.4 is 0 Å². The Bertz CT molecular complexity index is 627. The summed E-state index contributed by atoms with van der Waals surface area (Å²) >= 11 is 0. The summed E-state index contributed by atoms with van der Waals surface area (Å²) < 4.78 is 1.92. The standard InChI is InChI=1S/C16H18N4/c1-20-16(14-5-3-2-4-6-14)18-15(19-20)13-9-7-12(11-17)8-10-13/h7-10,14H,2-6H2,1H3. The second-order valence-electron chi connectivity index (χ2n) is 5.44. The van der Waals surface area contributed by atoms with E-state index in [-0.39, 0.29) is 0 Å². The summed E-state index contributed by atoms with van der Waals surface area (Å²) in [4.78, 5) is 4.73. The summed E-state index contributed by atoms with van der Waals surface area (Å²) in [6.07, 6.45) is 6.38. The van der Waals surface area contributed by atoms with E-state index >= 15 is 0 Å². The average molecular weight is 266 g/mol. The van der Waals surface area contributed by atoms with Gasteiger partial charge in [-0.25, -0.2) is 4.98 Å². The lowest BCUT2D eigenvalue weighted by Gasteiger charge is -2.20. The maximum atomic E-state index is 8.83. The first-order chi connectivity index (χ1) is 9.78. The number of nitriles is 1. The number of aromatic nitrogens is 3. The number of nitrogens with zero attached hydrogens (tertiary/aromatic N) is 4. The van der Waals surface area contributed by atoms with Gasteiger partial charge in [0, 0.05) is 18.5 Å². The van der Waals surface area contributed by atoms with Crippen LogP contribution >= 0.6 is 0 Å². The number of aryl methyl sites for hydroxylation is 1. The van der Waals surface area contributed by atoms with Gasteiger partial charge in [-0.2, -0.15) is 10.4 Å². The molecule has 3 rings (SSSR count). The molecular weight excluding hydrogens is 248 g/mol. The molecule has 0 saturated heterocycles. The van der Waals surface area contributed by atoms with E-state index in [0.29, 0.717) is 11.5 Å². The van der Waals surface area contributed by atoms with E-state index in [0.717, 1.165) is 17.2 Å². The van der Waals surface area contributed by atoms with Gasteiger partial charge in [-0.15, -0.1) is 0 Å². The van der Waals surface area contributed by atoms with Crippen molar-refractivity contribution < 1.29 is 0 Å². The highest BCUT2D eigenvalue weighted by molar-refractivity contribution is 5.56. The molecule has 1 aromatic carbocycles. The Labute approximate surface area is 119 Å². The molecule has 1 aliphatic rings. The molecule has 0 N–H and O–H groups in total. The van der Waals surface area contributed by atoms with Crippen molar-refractivity contribution in [2.45, 2.75) is 38.0 Å². The van der Waals surface area contributed by atoms with Crippen molar-refractivity contribution in [2.24, 2.45) is 7.05 Å². The molecule has 1 saturated carbocycles. The van der Waals surface area contributed by atoms with E-state index in [1.54, 1.807) is 0 Å². The van der Waals surface area contributed by atoms with Gasteiger partial charge >= 0.3 is 0 Å². The quantitative estimate of drug-likeness (QED) is 0.837. The second-order valence-corrected chi connectivity index (χ2v) is 5.44. The van der Waals surface area contributed by atoms with E-state index in [1.807, 2.05) is 36.0 Å². The molecule has 0 radical (unpaired) electrons. The fourth-order valence-corrected chi connectivity index (χ4v) is 2.93. The molecule has 2 aromatic rings. The summed E-state index contributed by atoms with van der Waals surface area (Å²) in [6.45, 7) is 0. The van der Waals surface area contributed by atoms with Crippen molar-refractivity contribution in [3.63, 3.8) is 0 Å². The van der Waals surface area contributed by atoms with Gasteiger partial charge in [0.1, 0.15) is 5.82 Å². The largest absolute Gasteiger partial charge is 0.252 e. The van der Waals surface area contributed by atoms with Crippen molar-refractivity contribution in [1.29, 1.82) is 5.26 Å². The van der Waals surface area contributed by atoms with Gasteiger partial charge in [0.25, 0.3) is 0 Å². The summed E-state index contributed by atoms with van der Waals surface area (Å²) in [5.41, 5.74) is 1.64. The molecule has 20 heavy (non-hydrogen) atoms. The fraction of sp³-hybridized carbons (Fsp3) is 0.438. The molecule has 0 amide bonds. The third kappa shape index (κ3) is 2.44. The van der Waals surface area contributed by atoms with Crippen LogP contribution in [0.2, 0.25) is 0 Å². The van der Waals surface area contributed by atoms with Crippen LogP contribution in [0.15, 0.2) is 24.3 Å².